The van der Waals surface area contributed by atoms with Crippen molar-refractivity contribution in [3.63, 3.8) is 0 Å². The number of hydrogen-bond donors (Lipinski definition) is 0. The molecule has 96 valence electrons. The Hall–Kier alpha value is -0.330. The van der Waals surface area contributed by atoms with E-state index < -0.39 is 0 Å². The molecule has 1 atom stereocenters. The molecule has 0 radical (unpaired) electrons. The summed E-state index contributed by atoms with van der Waals surface area (Å²) in [7, 11) is 0. The minimum atomic E-state index is 0.216. The molecule has 0 bridgehead atoms. The second-order valence-corrected chi connectivity index (χ2v) is 5.25. The number of ketones is 1. The Morgan fingerprint density at radius 2 is 1.44 bits per heavy atom. The highest BCUT2D eigenvalue weighted by Gasteiger charge is 2.19. The summed E-state index contributed by atoms with van der Waals surface area (Å²) in [6, 6.07) is 0. The van der Waals surface area contributed by atoms with E-state index in [1.54, 1.807) is 0 Å². The lowest BCUT2D eigenvalue weighted by atomic mass is 9.86. The molecule has 1 nitrogen and oxygen atoms in total. The van der Waals surface area contributed by atoms with Gasteiger partial charge in [-0.15, -0.1) is 0 Å². The van der Waals surface area contributed by atoms with E-state index in [1.807, 2.05) is 13.8 Å². The van der Waals surface area contributed by atoms with Gasteiger partial charge in [0, 0.05) is 11.8 Å². The van der Waals surface area contributed by atoms with Gasteiger partial charge in [0.1, 0.15) is 5.78 Å². The number of unbranched alkanes of at least 4 members (excludes halogenated alkanes) is 4. The fraction of sp³-hybridized carbons (Fsp3) is 0.933. The Balaban J connectivity index is 3.95. The molecular formula is C15H30O. The van der Waals surface area contributed by atoms with Crippen LogP contribution in [0.5, 0.6) is 0 Å². The standard InChI is InChI=1S/C15H30O/c1-5-7-9-10-12-14(11-8-6-2)15(16)13(3)4/h13-14H,5-12H2,1-4H3. The van der Waals surface area contributed by atoms with Crippen molar-refractivity contribution >= 4 is 5.78 Å². The molecule has 0 N–H and O–H groups in total. The zero-order chi connectivity index (χ0) is 12.4. The van der Waals surface area contributed by atoms with Crippen molar-refractivity contribution in [2.75, 3.05) is 0 Å². The van der Waals surface area contributed by atoms with E-state index in [9.17, 15) is 4.79 Å². The predicted octanol–water partition coefficient (Wildman–Crippen LogP) is 4.99. The van der Waals surface area contributed by atoms with Crippen LogP contribution in [0.2, 0.25) is 0 Å². The minimum Gasteiger partial charge on any atom is -0.299 e. The van der Waals surface area contributed by atoms with Crippen molar-refractivity contribution in [1.82, 2.24) is 0 Å². The van der Waals surface area contributed by atoms with Gasteiger partial charge < -0.3 is 0 Å². The van der Waals surface area contributed by atoms with Gasteiger partial charge >= 0.3 is 0 Å². The molecule has 1 unspecified atom stereocenters. The van der Waals surface area contributed by atoms with E-state index in [2.05, 4.69) is 13.8 Å². The maximum Gasteiger partial charge on any atom is 0.138 e. The van der Waals surface area contributed by atoms with Crippen LogP contribution in [0.4, 0.5) is 0 Å². The van der Waals surface area contributed by atoms with Crippen LogP contribution >= 0.6 is 0 Å². The summed E-state index contributed by atoms with van der Waals surface area (Å²) in [6.07, 6.45) is 9.77. The molecule has 0 aliphatic heterocycles. The fourth-order valence-corrected chi connectivity index (χ4v) is 2.17. The summed E-state index contributed by atoms with van der Waals surface area (Å²) in [6.45, 7) is 8.50. The molecular weight excluding hydrogens is 196 g/mol. The van der Waals surface area contributed by atoms with Crippen LogP contribution < -0.4 is 0 Å². The highest BCUT2D eigenvalue weighted by atomic mass is 16.1. The largest absolute Gasteiger partial charge is 0.299 e. The molecule has 0 amide bonds. The molecule has 0 spiro atoms. The predicted molar refractivity (Wildman–Crippen MR) is 71.6 cm³/mol. The van der Waals surface area contributed by atoms with Crippen LogP contribution in [0.25, 0.3) is 0 Å². The quantitative estimate of drug-likeness (QED) is 0.480. The Morgan fingerprint density at radius 1 is 0.875 bits per heavy atom. The number of rotatable bonds is 10. The molecule has 0 aromatic rings. The summed E-state index contributed by atoms with van der Waals surface area (Å²) in [5, 5.41) is 0. The van der Waals surface area contributed by atoms with E-state index >= 15 is 0 Å². The van der Waals surface area contributed by atoms with Gasteiger partial charge in [-0.1, -0.05) is 66.2 Å². The van der Waals surface area contributed by atoms with Gasteiger partial charge in [-0.3, -0.25) is 4.79 Å². The SMILES string of the molecule is CCCCCCC(CCCC)C(=O)C(C)C. The third-order valence-electron chi connectivity index (χ3n) is 3.28. The maximum absolute atomic E-state index is 12.0. The topological polar surface area (TPSA) is 17.1 Å². The number of hydrogen-bond acceptors (Lipinski definition) is 1. The van der Waals surface area contributed by atoms with Gasteiger partial charge in [0.15, 0.2) is 0 Å². The maximum atomic E-state index is 12.0. The molecule has 0 aliphatic rings. The van der Waals surface area contributed by atoms with E-state index in [-0.39, 0.29) is 5.92 Å². The third kappa shape index (κ3) is 7.03. The smallest absolute Gasteiger partial charge is 0.138 e. The molecule has 0 fully saturated rings. The first-order chi connectivity index (χ1) is 7.63. The van der Waals surface area contributed by atoms with Crippen molar-refractivity contribution in [2.45, 2.75) is 79.1 Å². The Morgan fingerprint density at radius 3 is 1.94 bits per heavy atom. The number of carbonyl (C=O) groups excluding carboxylic acids is 1. The van der Waals surface area contributed by atoms with Crippen molar-refractivity contribution in [3.8, 4) is 0 Å². The first-order valence-corrected chi connectivity index (χ1v) is 7.17. The molecule has 0 aromatic carbocycles. The molecule has 0 rings (SSSR count). The highest BCUT2D eigenvalue weighted by Crippen LogP contribution is 2.21. The van der Waals surface area contributed by atoms with Crippen molar-refractivity contribution in [3.05, 3.63) is 0 Å². The Kier molecular flexibility index (Phi) is 9.66. The summed E-state index contributed by atoms with van der Waals surface area (Å²) in [5.74, 6) is 1.05. The van der Waals surface area contributed by atoms with E-state index in [4.69, 9.17) is 0 Å². The van der Waals surface area contributed by atoms with Gasteiger partial charge in [-0.2, -0.15) is 0 Å². The summed E-state index contributed by atoms with van der Waals surface area (Å²) >= 11 is 0. The fourth-order valence-electron chi connectivity index (χ4n) is 2.17. The summed E-state index contributed by atoms with van der Waals surface area (Å²) in [4.78, 5) is 12.0. The second-order valence-electron chi connectivity index (χ2n) is 5.25. The van der Waals surface area contributed by atoms with Gasteiger partial charge in [-0.25, -0.2) is 0 Å². The van der Waals surface area contributed by atoms with Gasteiger partial charge in [0.25, 0.3) is 0 Å². The van der Waals surface area contributed by atoms with Crippen LogP contribution in [0, 0.1) is 11.8 Å². The minimum absolute atomic E-state index is 0.216. The van der Waals surface area contributed by atoms with Crippen LogP contribution in [0.1, 0.15) is 79.1 Å². The van der Waals surface area contributed by atoms with Crippen LogP contribution in [0.15, 0.2) is 0 Å². The molecule has 0 saturated heterocycles. The molecule has 1 heteroatoms. The van der Waals surface area contributed by atoms with Crippen LogP contribution in [-0.2, 0) is 4.79 Å². The van der Waals surface area contributed by atoms with Crippen LogP contribution in [0.3, 0.4) is 0 Å². The first-order valence-electron chi connectivity index (χ1n) is 7.17. The monoisotopic (exact) mass is 226 g/mol. The van der Waals surface area contributed by atoms with Gasteiger partial charge in [-0.05, 0) is 12.8 Å². The third-order valence-corrected chi connectivity index (χ3v) is 3.28. The average molecular weight is 226 g/mol. The molecule has 0 aliphatic carbocycles. The normalized spacial score (nSPS) is 13.1. The van der Waals surface area contributed by atoms with Gasteiger partial charge in [0.2, 0.25) is 0 Å². The lowest BCUT2D eigenvalue weighted by molar-refractivity contribution is -0.126. The number of carbonyl (C=O) groups is 1. The zero-order valence-corrected chi connectivity index (χ0v) is 11.7. The zero-order valence-electron chi connectivity index (χ0n) is 11.7. The molecule has 0 saturated carbocycles. The first kappa shape index (κ1) is 15.7. The van der Waals surface area contributed by atoms with Crippen molar-refractivity contribution < 1.29 is 4.79 Å². The number of Topliss-reactive ketones (excluding diaryl/α,β-unsaturated/α-hetero) is 1. The van der Waals surface area contributed by atoms with Crippen molar-refractivity contribution in [2.24, 2.45) is 11.8 Å². The summed E-state index contributed by atoms with van der Waals surface area (Å²) < 4.78 is 0. The Labute approximate surface area is 102 Å². The van der Waals surface area contributed by atoms with E-state index in [1.165, 1.54) is 38.5 Å². The second kappa shape index (κ2) is 9.86. The van der Waals surface area contributed by atoms with E-state index in [0.717, 1.165) is 12.8 Å². The summed E-state index contributed by atoms with van der Waals surface area (Å²) in [5.41, 5.74) is 0. The van der Waals surface area contributed by atoms with Crippen LogP contribution in [-0.4, -0.2) is 5.78 Å². The Bertz CT molecular complexity index is 172. The lowest BCUT2D eigenvalue weighted by Crippen LogP contribution is -2.20. The average Bonchev–Trinajstić information content (AvgIpc) is 2.27. The highest BCUT2D eigenvalue weighted by molar-refractivity contribution is 5.82. The van der Waals surface area contributed by atoms with Crippen molar-refractivity contribution in [1.29, 1.82) is 0 Å². The van der Waals surface area contributed by atoms with Gasteiger partial charge in [0.05, 0.1) is 0 Å². The molecule has 16 heavy (non-hydrogen) atoms. The van der Waals surface area contributed by atoms with E-state index in [0.29, 0.717) is 11.7 Å². The molecule has 0 aromatic heterocycles. The lowest BCUT2D eigenvalue weighted by Gasteiger charge is -2.17. The molecule has 0 heterocycles.